The molecule has 0 aliphatic heterocycles. The predicted octanol–water partition coefficient (Wildman–Crippen LogP) is 1.46. The van der Waals surface area contributed by atoms with E-state index in [1.165, 1.54) is 16.7 Å². The summed E-state index contributed by atoms with van der Waals surface area (Å²) in [6, 6.07) is 10.9. The summed E-state index contributed by atoms with van der Waals surface area (Å²) in [5.74, 6) is 0.131. The minimum Gasteiger partial charge on any atom is -0.872 e. The fourth-order valence-corrected chi connectivity index (χ4v) is 2.68. The zero-order valence-electron chi connectivity index (χ0n) is 16.3. The summed E-state index contributed by atoms with van der Waals surface area (Å²) in [4.78, 5) is 13.1. The van der Waals surface area contributed by atoms with Crippen molar-refractivity contribution in [1.82, 2.24) is 5.43 Å². The van der Waals surface area contributed by atoms with Gasteiger partial charge in [0.05, 0.1) is 19.3 Å². The van der Waals surface area contributed by atoms with Crippen molar-refractivity contribution in [2.24, 2.45) is 5.10 Å². The molecule has 0 unspecified atom stereocenters. The van der Waals surface area contributed by atoms with Crippen molar-refractivity contribution in [1.29, 1.82) is 0 Å². The van der Waals surface area contributed by atoms with Crippen LogP contribution >= 0.6 is 0 Å². The molecular weight excluding hydrogens is 342 g/mol. The van der Waals surface area contributed by atoms with Crippen LogP contribution in [0.15, 0.2) is 41.5 Å². The number of quaternary nitrogens is 1. The van der Waals surface area contributed by atoms with Gasteiger partial charge in [0.2, 0.25) is 0 Å². The highest BCUT2D eigenvalue weighted by molar-refractivity contribution is 5.85. The van der Waals surface area contributed by atoms with E-state index in [9.17, 15) is 9.90 Å². The minimum absolute atomic E-state index is 0.115. The highest BCUT2D eigenvalue weighted by Gasteiger charge is 2.07. The van der Waals surface area contributed by atoms with Gasteiger partial charge in [-0.2, -0.15) is 5.10 Å². The van der Waals surface area contributed by atoms with Gasteiger partial charge < -0.3 is 14.7 Å². The van der Waals surface area contributed by atoms with Crippen LogP contribution in [0.4, 0.5) is 5.69 Å². The van der Waals surface area contributed by atoms with Crippen molar-refractivity contribution in [3.8, 4) is 11.5 Å². The van der Waals surface area contributed by atoms with Gasteiger partial charge >= 0.3 is 0 Å². The molecule has 2 N–H and O–H groups in total. The van der Waals surface area contributed by atoms with E-state index in [-0.39, 0.29) is 18.3 Å². The average Bonchev–Trinajstić information content (AvgIpc) is 2.65. The van der Waals surface area contributed by atoms with Crippen molar-refractivity contribution in [2.75, 3.05) is 19.7 Å². The Morgan fingerprint density at radius 1 is 1.15 bits per heavy atom. The Balaban J connectivity index is 1.88. The summed E-state index contributed by atoms with van der Waals surface area (Å²) >= 11 is 0. The maximum atomic E-state index is 12.2. The van der Waals surface area contributed by atoms with Crippen LogP contribution < -0.4 is 20.2 Å². The Hall–Kier alpha value is -2.86. The van der Waals surface area contributed by atoms with Crippen LogP contribution in [0.2, 0.25) is 0 Å². The summed E-state index contributed by atoms with van der Waals surface area (Å²) < 4.78 is 5.45. The summed E-state index contributed by atoms with van der Waals surface area (Å²) in [5, 5.41) is 16.0. The molecule has 0 aromatic heterocycles. The fourth-order valence-electron chi connectivity index (χ4n) is 2.68. The van der Waals surface area contributed by atoms with Gasteiger partial charge in [-0.25, -0.2) is 5.43 Å². The van der Waals surface area contributed by atoms with E-state index in [1.54, 1.807) is 12.1 Å². The van der Waals surface area contributed by atoms with Gasteiger partial charge in [0.25, 0.3) is 5.91 Å². The quantitative estimate of drug-likeness (QED) is 0.546. The highest BCUT2D eigenvalue weighted by atomic mass is 16.5. The lowest BCUT2D eigenvalue weighted by Crippen LogP contribution is -3.06. The SMILES string of the molecule is CC[NH+](CC)c1ccc(/C=N/NC(=O)COc2ccc(C)c(C)c2)c([O-])c1. The topological polar surface area (TPSA) is 78.2 Å². The maximum absolute atomic E-state index is 12.2. The van der Waals surface area contributed by atoms with E-state index in [2.05, 4.69) is 24.4 Å². The number of hydrogen-bond acceptors (Lipinski definition) is 4. The second kappa shape index (κ2) is 9.73. The molecule has 0 bridgehead atoms. The van der Waals surface area contributed by atoms with Gasteiger partial charge in [0, 0.05) is 0 Å². The first kappa shape index (κ1) is 20.5. The number of carbonyl (C=O) groups is 1. The lowest BCUT2D eigenvalue weighted by atomic mass is 10.1. The number of benzene rings is 2. The summed E-state index contributed by atoms with van der Waals surface area (Å²) in [6.45, 7) is 9.84. The molecule has 0 saturated heterocycles. The number of ether oxygens (including phenoxy) is 1. The molecule has 144 valence electrons. The minimum atomic E-state index is -0.388. The molecule has 1 amide bonds. The lowest BCUT2D eigenvalue weighted by Gasteiger charge is -2.18. The number of nitrogens with zero attached hydrogens (tertiary/aromatic N) is 1. The van der Waals surface area contributed by atoms with Gasteiger partial charge in [-0.05, 0) is 74.7 Å². The van der Waals surface area contributed by atoms with Crippen LogP contribution in [-0.4, -0.2) is 31.8 Å². The van der Waals surface area contributed by atoms with Crippen molar-refractivity contribution in [3.05, 3.63) is 53.1 Å². The molecule has 2 rings (SSSR count). The molecule has 6 heteroatoms. The van der Waals surface area contributed by atoms with Crippen LogP contribution in [0, 0.1) is 13.8 Å². The zero-order valence-corrected chi connectivity index (χ0v) is 16.3. The average molecular weight is 369 g/mol. The Labute approximate surface area is 160 Å². The van der Waals surface area contributed by atoms with Gasteiger partial charge in [0.1, 0.15) is 11.4 Å². The van der Waals surface area contributed by atoms with E-state index in [0.29, 0.717) is 11.3 Å². The molecular formula is C21H27N3O3. The van der Waals surface area contributed by atoms with Gasteiger partial charge in [-0.3, -0.25) is 4.79 Å². The summed E-state index contributed by atoms with van der Waals surface area (Å²) in [5.41, 5.74) is 6.04. The molecule has 0 aliphatic carbocycles. The largest absolute Gasteiger partial charge is 0.872 e. The third-order valence-corrected chi connectivity index (χ3v) is 4.52. The molecule has 0 atom stereocenters. The number of hydrogen-bond donors (Lipinski definition) is 2. The molecule has 0 spiro atoms. The van der Waals surface area contributed by atoms with Gasteiger partial charge in [-0.1, -0.05) is 11.8 Å². The molecule has 6 nitrogen and oxygen atoms in total. The smallest absolute Gasteiger partial charge is 0.277 e. The van der Waals surface area contributed by atoms with Crippen molar-refractivity contribution >= 4 is 17.8 Å². The Bertz CT molecular complexity index is 814. The summed E-state index contributed by atoms with van der Waals surface area (Å²) in [7, 11) is 0. The molecule has 2 aromatic rings. The van der Waals surface area contributed by atoms with Crippen LogP contribution in [0.25, 0.3) is 0 Å². The van der Waals surface area contributed by atoms with E-state index in [1.807, 2.05) is 38.1 Å². The van der Waals surface area contributed by atoms with Gasteiger partial charge in [-0.15, -0.1) is 0 Å². The normalized spacial score (nSPS) is 11.1. The van der Waals surface area contributed by atoms with E-state index < -0.39 is 0 Å². The Morgan fingerprint density at radius 3 is 2.52 bits per heavy atom. The number of aryl methyl sites for hydroxylation is 2. The third-order valence-electron chi connectivity index (χ3n) is 4.52. The second-order valence-electron chi connectivity index (χ2n) is 6.39. The third kappa shape index (κ3) is 5.82. The fraction of sp³-hybridized carbons (Fsp3) is 0.333. The molecule has 27 heavy (non-hydrogen) atoms. The first-order valence-corrected chi connectivity index (χ1v) is 9.12. The molecule has 0 aliphatic rings. The first-order chi connectivity index (χ1) is 12.9. The standard InChI is InChI=1S/C21H27N3O3/c1-5-24(6-2)18-9-8-17(20(25)12-18)13-22-23-21(26)14-27-19-10-7-15(3)16(4)11-19/h7-13,25H,5-6,14H2,1-4H3,(H,23,26)/b22-13+. The zero-order chi connectivity index (χ0) is 19.8. The van der Waals surface area contributed by atoms with Gasteiger partial charge in [0.15, 0.2) is 6.61 Å². The van der Waals surface area contributed by atoms with E-state index >= 15 is 0 Å². The second-order valence-corrected chi connectivity index (χ2v) is 6.39. The summed E-state index contributed by atoms with van der Waals surface area (Å²) in [6.07, 6.45) is 1.36. The molecule has 0 saturated carbocycles. The van der Waals surface area contributed by atoms with E-state index in [0.717, 1.165) is 24.3 Å². The van der Waals surface area contributed by atoms with Crippen molar-refractivity contribution < 1.29 is 19.5 Å². The van der Waals surface area contributed by atoms with Crippen LogP contribution in [0.1, 0.15) is 30.5 Å². The number of rotatable bonds is 8. The molecule has 0 heterocycles. The number of nitrogens with one attached hydrogen (secondary N) is 2. The maximum Gasteiger partial charge on any atom is 0.277 e. The Morgan fingerprint density at radius 2 is 1.89 bits per heavy atom. The lowest BCUT2D eigenvalue weighted by molar-refractivity contribution is -0.828. The number of amides is 1. The van der Waals surface area contributed by atoms with Crippen LogP contribution in [0.3, 0.4) is 0 Å². The molecule has 0 fully saturated rings. The molecule has 2 aromatic carbocycles. The number of hydrazone groups is 1. The number of carbonyl (C=O) groups excluding carboxylic acids is 1. The van der Waals surface area contributed by atoms with Crippen molar-refractivity contribution in [3.63, 3.8) is 0 Å². The first-order valence-electron chi connectivity index (χ1n) is 9.12. The Kier molecular flexibility index (Phi) is 7.37. The van der Waals surface area contributed by atoms with E-state index in [4.69, 9.17) is 4.74 Å². The monoisotopic (exact) mass is 369 g/mol. The van der Waals surface area contributed by atoms with Crippen LogP contribution in [-0.2, 0) is 4.79 Å². The highest BCUT2D eigenvalue weighted by Crippen LogP contribution is 2.16. The van der Waals surface area contributed by atoms with Crippen LogP contribution in [0.5, 0.6) is 11.5 Å². The predicted molar refractivity (Wildman–Crippen MR) is 105 cm³/mol. The molecule has 0 radical (unpaired) electrons. The van der Waals surface area contributed by atoms with Crippen molar-refractivity contribution in [2.45, 2.75) is 27.7 Å².